The average molecular weight is 442 g/mol. The first-order valence-corrected chi connectivity index (χ1v) is 12.3. The van der Waals surface area contributed by atoms with Crippen molar-refractivity contribution in [1.82, 2.24) is 31.0 Å². The van der Waals surface area contributed by atoms with Crippen molar-refractivity contribution >= 4 is 6.21 Å². The maximum Gasteiger partial charge on any atom is 0.0974 e. The van der Waals surface area contributed by atoms with Crippen molar-refractivity contribution in [3.8, 4) is 0 Å². The predicted octanol–water partition coefficient (Wildman–Crippen LogP) is 1.14. The summed E-state index contributed by atoms with van der Waals surface area (Å²) in [4.78, 5) is 5.04. The molecule has 176 valence electrons. The lowest BCUT2D eigenvalue weighted by Crippen LogP contribution is -2.68. The van der Waals surface area contributed by atoms with Gasteiger partial charge in [-0.25, -0.2) is 10.4 Å². The molecule has 8 nitrogen and oxygen atoms in total. The second-order valence-corrected chi connectivity index (χ2v) is 9.92. The lowest BCUT2D eigenvalue weighted by molar-refractivity contribution is -0.0901. The van der Waals surface area contributed by atoms with Crippen molar-refractivity contribution in [3.63, 3.8) is 0 Å². The van der Waals surface area contributed by atoms with E-state index in [1.54, 1.807) is 0 Å². The highest BCUT2D eigenvalue weighted by molar-refractivity contribution is 5.79. The molecule has 32 heavy (non-hydrogen) atoms. The minimum Gasteiger partial charge on any atom is -0.379 e. The van der Waals surface area contributed by atoms with Gasteiger partial charge in [-0.3, -0.25) is 15.6 Å². The summed E-state index contributed by atoms with van der Waals surface area (Å²) in [5, 5.41) is 10.9. The molecule has 0 radical (unpaired) electrons. The molecule has 4 heterocycles. The molecule has 1 aromatic carbocycles. The third kappa shape index (κ3) is 5.16. The number of hydrogen-bond donors (Lipinski definition) is 3. The summed E-state index contributed by atoms with van der Waals surface area (Å²) in [5.41, 5.74) is 9.73. The van der Waals surface area contributed by atoms with E-state index in [9.17, 15) is 0 Å². The number of rotatable bonds is 5. The molecule has 8 heteroatoms. The molecule has 4 unspecified atom stereocenters. The van der Waals surface area contributed by atoms with E-state index in [4.69, 9.17) is 4.74 Å². The topological polar surface area (TPSA) is 67.4 Å². The van der Waals surface area contributed by atoms with Crippen LogP contribution in [0.2, 0.25) is 0 Å². The number of hydrazone groups is 1. The van der Waals surface area contributed by atoms with E-state index in [-0.39, 0.29) is 6.17 Å². The Hall–Kier alpha value is -1.55. The summed E-state index contributed by atoms with van der Waals surface area (Å²) in [6.07, 6.45) is 7.48. The van der Waals surface area contributed by atoms with Gasteiger partial charge in [-0.1, -0.05) is 29.8 Å². The van der Waals surface area contributed by atoms with Gasteiger partial charge in [0.15, 0.2) is 0 Å². The first kappa shape index (κ1) is 22.3. The smallest absolute Gasteiger partial charge is 0.0974 e. The van der Waals surface area contributed by atoms with Gasteiger partial charge in [0.05, 0.1) is 37.9 Å². The van der Waals surface area contributed by atoms with Crippen LogP contribution in [0.4, 0.5) is 0 Å². The van der Waals surface area contributed by atoms with E-state index in [0.29, 0.717) is 18.4 Å². The molecule has 0 aromatic heterocycles. The van der Waals surface area contributed by atoms with Gasteiger partial charge < -0.3 is 9.64 Å². The van der Waals surface area contributed by atoms with Crippen LogP contribution in [0.25, 0.3) is 0 Å². The second kappa shape index (κ2) is 10.2. The van der Waals surface area contributed by atoms with Crippen molar-refractivity contribution in [2.75, 3.05) is 46.4 Å². The molecule has 4 aliphatic heterocycles. The SMILES string of the molecule is Cc1cccc(/C=N/NC2CC(N3CCOCC3)N3NC(C4CCN(C)CC4)CC3N2)c1. The maximum absolute atomic E-state index is 5.64. The van der Waals surface area contributed by atoms with Gasteiger partial charge in [0, 0.05) is 25.6 Å². The minimum atomic E-state index is 0.156. The monoisotopic (exact) mass is 441 g/mol. The molecule has 3 N–H and O–H groups in total. The number of aryl methyl sites for hydroxylation is 1. The zero-order valence-electron chi connectivity index (χ0n) is 19.5. The largest absolute Gasteiger partial charge is 0.379 e. The summed E-state index contributed by atoms with van der Waals surface area (Å²) in [5.74, 6) is 0.759. The number of benzene rings is 1. The van der Waals surface area contributed by atoms with Crippen molar-refractivity contribution in [2.45, 2.75) is 57.1 Å². The Balaban J connectivity index is 1.26. The third-order valence-electron chi connectivity index (χ3n) is 7.57. The number of nitrogens with zero attached hydrogens (tertiary/aromatic N) is 4. The molecule has 0 spiro atoms. The molecule has 5 rings (SSSR count). The van der Waals surface area contributed by atoms with Gasteiger partial charge in [0.25, 0.3) is 0 Å². The van der Waals surface area contributed by atoms with Gasteiger partial charge in [-0.15, -0.1) is 0 Å². The fourth-order valence-corrected chi connectivity index (χ4v) is 5.73. The van der Waals surface area contributed by atoms with Crippen molar-refractivity contribution < 1.29 is 4.74 Å². The number of ether oxygens (including phenoxy) is 1. The zero-order valence-corrected chi connectivity index (χ0v) is 19.5. The van der Waals surface area contributed by atoms with Crippen molar-refractivity contribution in [1.29, 1.82) is 0 Å². The van der Waals surface area contributed by atoms with Gasteiger partial charge in [-0.05, 0) is 57.8 Å². The highest BCUT2D eigenvalue weighted by Crippen LogP contribution is 2.32. The third-order valence-corrected chi connectivity index (χ3v) is 7.57. The number of hydrazine groups is 1. The molecule has 4 fully saturated rings. The Kier molecular flexibility index (Phi) is 7.06. The van der Waals surface area contributed by atoms with E-state index >= 15 is 0 Å². The fourth-order valence-electron chi connectivity index (χ4n) is 5.73. The van der Waals surface area contributed by atoms with Crippen LogP contribution < -0.4 is 16.2 Å². The van der Waals surface area contributed by atoms with Gasteiger partial charge in [0.2, 0.25) is 0 Å². The highest BCUT2D eigenvalue weighted by Gasteiger charge is 2.46. The summed E-state index contributed by atoms with van der Waals surface area (Å²) in [6.45, 7) is 8.18. The lowest BCUT2D eigenvalue weighted by atomic mass is 9.88. The molecular formula is C24H39N7O. The van der Waals surface area contributed by atoms with Crippen LogP contribution in [-0.2, 0) is 4.74 Å². The number of nitrogens with one attached hydrogen (secondary N) is 3. The first-order chi connectivity index (χ1) is 15.7. The zero-order chi connectivity index (χ0) is 21.9. The summed E-state index contributed by atoms with van der Waals surface area (Å²) >= 11 is 0. The Bertz CT molecular complexity index is 775. The number of piperidine rings is 1. The molecular weight excluding hydrogens is 402 g/mol. The molecule has 0 saturated carbocycles. The molecule has 0 aliphatic carbocycles. The van der Waals surface area contributed by atoms with Gasteiger partial charge >= 0.3 is 0 Å². The molecule has 0 bridgehead atoms. The van der Waals surface area contributed by atoms with E-state index in [2.05, 4.69) is 74.3 Å². The summed E-state index contributed by atoms with van der Waals surface area (Å²) < 4.78 is 5.64. The van der Waals surface area contributed by atoms with Gasteiger partial charge in [0.1, 0.15) is 0 Å². The Morgan fingerprint density at radius 3 is 2.72 bits per heavy atom. The van der Waals surface area contributed by atoms with Crippen LogP contribution in [0.5, 0.6) is 0 Å². The predicted molar refractivity (Wildman–Crippen MR) is 127 cm³/mol. The quantitative estimate of drug-likeness (QED) is 0.468. The van der Waals surface area contributed by atoms with Crippen LogP contribution in [0, 0.1) is 12.8 Å². The maximum atomic E-state index is 5.64. The molecule has 4 atom stereocenters. The molecule has 0 amide bonds. The van der Waals surface area contributed by atoms with E-state index < -0.39 is 0 Å². The Labute approximate surface area is 192 Å². The fraction of sp³-hybridized carbons (Fsp3) is 0.708. The Morgan fingerprint density at radius 1 is 1.12 bits per heavy atom. The summed E-state index contributed by atoms with van der Waals surface area (Å²) in [7, 11) is 2.24. The second-order valence-electron chi connectivity index (χ2n) is 9.92. The van der Waals surface area contributed by atoms with E-state index in [1.807, 2.05) is 6.21 Å². The van der Waals surface area contributed by atoms with Crippen LogP contribution in [-0.4, -0.2) is 92.0 Å². The van der Waals surface area contributed by atoms with E-state index in [0.717, 1.165) is 50.6 Å². The van der Waals surface area contributed by atoms with E-state index in [1.165, 1.54) is 31.5 Å². The lowest BCUT2D eigenvalue weighted by Gasteiger charge is -2.47. The van der Waals surface area contributed by atoms with Crippen LogP contribution in [0.3, 0.4) is 0 Å². The number of morpholine rings is 1. The minimum absolute atomic E-state index is 0.156. The standard InChI is InChI=1S/C24H39N7O/c1-18-4-3-5-19(14-18)17-25-27-22-16-24(30-10-12-32-13-11-30)31-23(26-22)15-21(28-31)20-6-8-29(2)9-7-20/h3-5,14,17,20-24,26-28H,6-13,15-16H2,1-2H3/b25-17+. The van der Waals surface area contributed by atoms with Crippen molar-refractivity contribution in [2.24, 2.45) is 11.0 Å². The normalized spacial score (nSPS) is 33.6. The average Bonchev–Trinajstić information content (AvgIpc) is 3.24. The first-order valence-electron chi connectivity index (χ1n) is 12.3. The van der Waals surface area contributed by atoms with Crippen LogP contribution >= 0.6 is 0 Å². The number of likely N-dealkylation sites (tertiary alicyclic amines) is 1. The highest BCUT2D eigenvalue weighted by atomic mass is 16.5. The van der Waals surface area contributed by atoms with Crippen molar-refractivity contribution in [3.05, 3.63) is 35.4 Å². The Morgan fingerprint density at radius 2 is 1.94 bits per heavy atom. The van der Waals surface area contributed by atoms with Gasteiger partial charge in [-0.2, -0.15) is 5.10 Å². The molecule has 1 aromatic rings. The number of fused-ring (bicyclic) bond motifs is 1. The van der Waals surface area contributed by atoms with Crippen LogP contribution in [0.15, 0.2) is 29.4 Å². The summed E-state index contributed by atoms with van der Waals surface area (Å²) in [6, 6.07) is 9.00. The molecule has 4 saturated heterocycles. The molecule has 4 aliphatic rings. The van der Waals surface area contributed by atoms with Crippen LogP contribution in [0.1, 0.15) is 36.8 Å². The number of hydrogen-bond acceptors (Lipinski definition) is 8.